The van der Waals surface area contributed by atoms with E-state index in [0.717, 1.165) is 23.4 Å². The van der Waals surface area contributed by atoms with Gasteiger partial charge in [0.2, 0.25) is 0 Å². The van der Waals surface area contributed by atoms with Gasteiger partial charge in [-0.25, -0.2) is 0 Å². The predicted molar refractivity (Wildman–Crippen MR) is 86.0 cm³/mol. The summed E-state index contributed by atoms with van der Waals surface area (Å²) in [6.07, 6.45) is 7.08. The molecule has 0 atom stereocenters. The lowest BCUT2D eigenvalue weighted by atomic mass is 10.1. The number of carbonyl (C=O) groups is 1. The lowest BCUT2D eigenvalue weighted by molar-refractivity contribution is 0.0949. The van der Waals surface area contributed by atoms with Crippen LogP contribution in [0.5, 0.6) is 0 Å². The number of hydrogen-bond donors (Lipinski definition) is 3. The molecule has 0 radical (unpaired) electrons. The van der Waals surface area contributed by atoms with Crippen molar-refractivity contribution in [2.45, 2.75) is 37.4 Å². The molecule has 0 aromatic heterocycles. The number of thioether (sulfide) groups is 1. The lowest BCUT2D eigenvalue weighted by Crippen LogP contribution is -2.38. The summed E-state index contributed by atoms with van der Waals surface area (Å²) < 4.78 is 0.238. The molecule has 1 fully saturated rings. The van der Waals surface area contributed by atoms with Crippen LogP contribution < -0.4 is 16.6 Å². The summed E-state index contributed by atoms with van der Waals surface area (Å²) in [5.74, 6) is 5.37. The van der Waals surface area contributed by atoms with Crippen molar-refractivity contribution in [3.63, 3.8) is 0 Å². The second-order valence-electron chi connectivity index (χ2n) is 5.45. The zero-order valence-electron chi connectivity index (χ0n) is 12.2. The maximum atomic E-state index is 12.3. The SMILES string of the molecule is CSC1(CNC(=O)c2ccc(NN)cc2C)CCCC1. The van der Waals surface area contributed by atoms with Crippen molar-refractivity contribution < 1.29 is 4.79 Å². The Balaban J connectivity index is 2.01. The summed E-state index contributed by atoms with van der Waals surface area (Å²) in [6, 6.07) is 5.52. The molecule has 5 heteroatoms. The Hall–Kier alpha value is -1.20. The van der Waals surface area contributed by atoms with Crippen molar-refractivity contribution in [3.8, 4) is 0 Å². The molecule has 1 aromatic carbocycles. The number of nitrogen functional groups attached to an aromatic ring is 1. The number of hydrazine groups is 1. The Bertz CT molecular complexity index is 484. The zero-order valence-corrected chi connectivity index (χ0v) is 13.0. The molecule has 0 unspecified atom stereocenters. The van der Waals surface area contributed by atoms with Crippen LogP contribution in [0.1, 0.15) is 41.6 Å². The third-order valence-electron chi connectivity index (χ3n) is 4.16. The number of anilines is 1. The number of rotatable bonds is 5. The van der Waals surface area contributed by atoms with Gasteiger partial charge < -0.3 is 10.7 Å². The Morgan fingerprint density at radius 3 is 2.65 bits per heavy atom. The van der Waals surface area contributed by atoms with Gasteiger partial charge in [0.15, 0.2) is 0 Å². The third-order valence-corrected chi connectivity index (χ3v) is 5.58. The van der Waals surface area contributed by atoms with E-state index in [-0.39, 0.29) is 10.7 Å². The molecular weight excluding hydrogens is 270 g/mol. The van der Waals surface area contributed by atoms with Crippen LogP contribution in [0, 0.1) is 6.92 Å². The van der Waals surface area contributed by atoms with Crippen molar-refractivity contribution in [1.82, 2.24) is 5.32 Å². The molecule has 4 nitrogen and oxygen atoms in total. The molecule has 4 N–H and O–H groups in total. The summed E-state index contributed by atoms with van der Waals surface area (Å²) >= 11 is 1.89. The van der Waals surface area contributed by atoms with Crippen molar-refractivity contribution in [2.75, 3.05) is 18.2 Å². The number of carbonyl (C=O) groups excluding carboxylic acids is 1. The highest BCUT2D eigenvalue weighted by Gasteiger charge is 2.33. The molecule has 0 aliphatic heterocycles. The molecule has 20 heavy (non-hydrogen) atoms. The summed E-state index contributed by atoms with van der Waals surface area (Å²) in [4.78, 5) is 12.3. The van der Waals surface area contributed by atoms with Gasteiger partial charge in [0.05, 0.1) is 0 Å². The van der Waals surface area contributed by atoms with E-state index in [4.69, 9.17) is 5.84 Å². The van der Waals surface area contributed by atoms with Gasteiger partial charge in [0.25, 0.3) is 5.91 Å². The number of amides is 1. The van der Waals surface area contributed by atoms with Gasteiger partial charge in [-0.1, -0.05) is 12.8 Å². The van der Waals surface area contributed by atoms with Gasteiger partial charge in [0, 0.05) is 22.5 Å². The van der Waals surface area contributed by atoms with Gasteiger partial charge in [0.1, 0.15) is 0 Å². The molecule has 1 aliphatic rings. The number of nitrogens with one attached hydrogen (secondary N) is 2. The van der Waals surface area contributed by atoms with E-state index in [9.17, 15) is 4.79 Å². The average Bonchev–Trinajstić information content (AvgIpc) is 2.94. The quantitative estimate of drug-likeness (QED) is 0.577. The number of hydrogen-bond acceptors (Lipinski definition) is 4. The summed E-state index contributed by atoms with van der Waals surface area (Å²) in [7, 11) is 0. The van der Waals surface area contributed by atoms with E-state index < -0.39 is 0 Å². The van der Waals surface area contributed by atoms with Crippen LogP contribution in [0.2, 0.25) is 0 Å². The Kier molecular flexibility index (Phi) is 4.94. The highest BCUT2D eigenvalue weighted by molar-refractivity contribution is 8.00. The first-order valence-electron chi connectivity index (χ1n) is 7.01. The predicted octanol–water partition coefficient (Wildman–Crippen LogP) is 2.69. The standard InChI is InChI=1S/C15H23N3OS/c1-11-9-12(18-16)5-6-13(11)14(19)17-10-15(20-2)7-3-4-8-15/h5-6,9,18H,3-4,7-8,10,16H2,1-2H3,(H,17,19). The van der Waals surface area contributed by atoms with Crippen LogP contribution in [0.4, 0.5) is 5.69 Å². The molecular formula is C15H23N3OS. The van der Waals surface area contributed by atoms with E-state index in [1.165, 1.54) is 25.7 Å². The number of aryl methyl sites for hydroxylation is 1. The minimum Gasteiger partial charge on any atom is -0.351 e. The molecule has 0 saturated heterocycles. The number of nitrogens with two attached hydrogens (primary N) is 1. The smallest absolute Gasteiger partial charge is 0.251 e. The Morgan fingerprint density at radius 1 is 1.40 bits per heavy atom. The van der Waals surface area contributed by atoms with Crippen molar-refractivity contribution >= 4 is 23.4 Å². The largest absolute Gasteiger partial charge is 0.351 e. The number of benzene rings is 1. The molecule has 110 valence electrons. The van der Waals surface area contributed by atoms with Gasteiger partial charge in [-0.2, -0.15) is 11.8 Å². The van der Waals surface area contributed by atoms with Crippen LogP contribution in [-0.4, -0.2) is 23.5 Å². The third kappa shape index (κ3) is 3.27. The molecule has 0 bridgehead atoms. The molecule has 1 aliphatic carbocycles. The second kappa shape index (κ2) is 6.50. The molecule has 1 saturated carbocycles. The summed E-state index contributed by atoms with van der Waals surface area (Å²) in [6.45, 7) is 2.68. The Labute approximate surface area is 124 Å². The van der Waals surface area contributed by atoms with Crippen LogP contribution in [0.15, 0.2) is 18.2 Å². The van der Waals surface area contributed by atoms with Crippen molar-refractivity contribution in [1.29, 1.82) is 0 Å². The normalized spacial score (nSPS) is 16.9. The molecule has 0 spiro atoms. The van der Waals surface area contributed by atoms with Gasteiger partial charge in [-0.3, -0.25) is 10.6 Å². The van der Waals surface area contributed by atoms with Crippen LogP contribution in [0.25, 0.3) is 0 Å². The summed E-state index contributed by atoms with van der Waals surface area (Å²) in [5.41, 5.74) is 5.06. The topological polar surface area (TPSA) is 67.2 Å². The molecule has 2 rings (SSSR count). The highest BCUT2D eigenvalue weighted by Crippen LogP contribution is 2.39. The van der Waals surface area contributed by atoms with E-state index in [1.807, 2.05) is 36.9 Å². The van der Waals surface area contributed by atoms with Gasteiger partial charge in [-0.05, 0) is 49.8 Å². The first kappa shape index (κ1) is 15.2. The maximum Gasteiger partial charge on any atom is 0.251 e. The van der Waals surface area contributed by atoms with Crippen molar-refractivity contribution in [3.05, 3.63) is 29.3 Å². The monoisotopic (exact) mass is 293 g/mol. The molecule has 1 amide bonds. The highest BCUT2D eigenvalue weighted by atomic mass is 32.2. The van der Waals surface area contributed by atoms with Gasteiger partial charge in [-0.15, -0.1) is 0 Å². The lowest BCUT2D eigenvalue weighted by Gasteiger charge is -2.27. The minimum absolute atomic E-state index is 0.00592. The molecule has 0 heterocycles. The Morgan fingerprint density at radius 2 is 2.10 bits per heavy atom. The van der Waals surface area contributed by atoms with E-state index in [0.29, 0.717) is 0 Å². The molecule has 1 aromatic rings. The van der Waals surface area contributed by atoms with E-state index in [2.05, 4.69) is 17.0 Å². The first-order valence-corrected chi connectivity index (χ1v) is 8.23. The average molecular weight is 293 g/mol. The van der Waals surface area contributed by atoms with E-state index >= 15 is 0 Å². The first-order chi connectivity index (χ1) is 9.60. The maximum absolute atomic E-state index is 12.3. The fourth-order valence-corrected chi connectivity index (χ4v) is 3.73. The van der Waals surface area contributed by atoms with E-state index in [1.54, 1.807) is 0 Å². The van der Waals surface area contributed by atoms with Crippen LogP contribution >= 0.6 is 11.8 Å². The second-order valence-corrected chi connectivity index (χ2v) is 6.73. The zero-order chi connectivity index (χ0) is 14.6. The fraction of sp³-hybridized carbons (Fsp3) is 0.533. The summed E-state index contributed by atoms with van der Waals surface area (Å²) in [5, 5.41) is 3.10. The van der Waals surface area contributed by atoms with Crippen molar-refractivity contribution in [2.24, 2.45) is 5.84 Å². The van der Waals surface area contributed by atoms with Crippen LogP contribution in [0.3, 0.4) is 0 Å². The van der Waals surface area contributed by atoms with Gasteiger partial charge >= 0.3 is 0 Å². The van der Waals surface area contributed by atoms with Crippen LogP contribution in [-0.2, 0) is 0 Å². The fourth-order valence-electron chi connectivity index (χ4n) is 2.82. The minimum atomic E-state index is 0.00592.